The largest absolute Gasteiger partial charge is 0.481 e. The van der Waals surface area contributed by atoms with Gasteiger partial charge in [-0.15, -0.1) is 0 Å². The molecule has 0 bridgehead atoms. The van der Waals surface area contributed by atoms with Crippen molar-refractivity contribution in [2.75, 3.05) is 24.3 Å². The molecular formula is C15H15N3O3. The summed E-state index contributed by atoms with van der Waals surface area (Å²) in [6.07, 6.45) is 0.961. The molecule has 0 saturated heterocycles. The molecule has 3 rings (SSSR count). The van der Waals surface area contributed by atoms with Crippen molar-refractivity contribution < 1.29 is 14.3 Å². The van der Waals surface area contributed by atoms with E-state index in [0.717, 1.165) is 5.69 Å². The van der Waals surface area contributed by atoms with Crippen molar-refractivity contribution in [3.63, 3.8) is 0 Å². The van der Waals surface area contributed by atoms with Crippen LogP contribution in [0, 0.1) is 0 Å². The van der Waals surface area contributed by atoms with Gasteiger partial charge >= 0.3 is 0 Å². The molecule has 0 fully saturated rings. The molecular weight excluding hydrogens is 270 g/mol. The standard InChI is InChI=1S/C15H15N3O3/c1-20-14-7-6-10(8-17-14)18-15(19)13-9-16-11-4-2-3-5-12(11)21-13/h2-8,13,16H,9H2,1H3,(H,18,19). The molecule has 2 aromatic rings. The summed E-state index contributed by atoms with van der Waals surface area (Å²) in [4.78, 5) is 16.2. The monoisotopic (exact) mass is 285 g/mol. The molecule has 1 unspecified atom stereocenters. The smallest absolute Gasteiger partial charge is 0.267 e. The van der Waals surface area contributed by atoms with Crippen LogP contribution < -0.4 is 20.1 Å². The van der Waals surface area contributed by atoms with Gasteiger partial charge in [0.05, 0.1) is 31.2 Å². The van der Waals surface area contributed by atoms with Crippen LogP contribution in [0.2, 0.25) is 0 Å². The highest BCUT2D eigenvalue weighted by atomic mass is 16.5. The number of fused-ring (bicyclic) bond motifs is 1. The first-order chi connectivity index (χ1) is 10.3. The third-order valence-corrected chi connectivity index (χ3v) is 3.14. The Morgan fingerprint density at radius 3 is 3.00 bits per heavy atom. The van der Waals surface area contributed by atoms with E-state index in [0.29, 0.717) is 23.9 Å². The minimum Gasteiger partial charge on any atom is -0.481 e. The van der Waals surface area contributed by atoms with E-state index < -0.39 is 6.10 Å². The molecule has 108 valence electrons. The van der Waals surface area contributed by atoms with E-state index in [1.54, 1.807) is 25.4 Å². The fraction of sp³-hybridized carbons (Fsp3) is 0.200. The lowest BCUT2D eigenvalue weighted by molar-refractivity contribution is -0.122. The van der Waals surface area contributed by atoms with Crippen LogP contribution in [0.4, 0.5) is 11.4 Å². The molecule has 0 spiro atoms. The second kappa shape index (κ2) is 5.70. The number of aromatic nitrogens is 1. The van der Waals surface area contributed by atoms with Crippen molar-refractivity contribution in [2.45, 2.75) is 6.10 Å². The number of nitrogens with zero attached hydrogens (tertiary/aromatic N) is 1. The Labute approximate surface area is 122 Å². The first-order valence-electron chi connectivity index (χ1n) is 6.57. The van der Waals surface area contributed by atoms with Gasteiger partial charge in [-0.2, -0.15) is 0 Å². The maximum Gasteiger partial charge on any atom is 0.267 e. The topological polar surface area (TPSA) is 72.5 Å². The number of carbonyl (C=O) groups excluding carboxylic acids is 1. The van der Waals surface area contributed by atoms with Gasteiger partial charge in [-0.1, -0.05) is 12.1 Å². The average Bonchev–Trinajstić information content (AvgIpc) is 2.55. The summed E-state index contributed by atoms with van der Waals surface area (Å²) in [6.45, 7) is 0.423. The molecule has 1 atom stereocenters. The van der Waals surface area contributed by atoms with Gasteiger partial charge < -0.3 is 20.1 Å². The van der Waals surface area contributed by atoms with Gasteiger partial charge in [0.2, 0.25) is 5.88 Å². The van der Waals surface area contributed by atoms with Gasteiger partial charge in [0, 0.05) is 6.07 Å². The Morgan fingerprint density at radius 2 is 2.24 bits per heavy atom. The number of anilines is 2. The van der Waals surface area contributed by atoms with Crippen LogP contribution in [-0.2, 0) is 4.79 Å². The molecule has 0 saturated carbocycles. The van der Waals surface area contributed by atoms with Gasteiger partial charge in [0.25, 0.3) is 5.91 Å². The number of rotatable bonds is 3. The molecule has 1 aliphatic heterocycles. The first-order valence-corrected chi connectivity index (χ1v) is 6.57. The second-order valence-electron chi connectivity index (χ2n) is 4.56. The zero-order valence-corrected chi connectivity index (χ0v) is 11.5. The molecule has 6 nitrogen and oxygen atoms in total. The number of methoxy groups -OCH3 is 1. The van der Waals surface area contributed by atoms with Gasteiger partial charge in [-0.3, -0.25) is 4.79 Å². The number of hydrogen-bond acceptors (Lipinski definition) is 5. The SMILES string of the molecule is COc1ccc(NC(=O)C2CNc3ccccc3O2)cn1. The maximum atomic E-state index is 12.2. The third-order valence-electron chi connectivity index (χ3n) is 3.14. The van der Waals surface area contributed by atoms with Crippen LogP contribution in [0.15, 0.2) is 42.6 Å². The molecule has 2 heterocycles. The van der Waals surface area contributed by atoms with Crippen molar-refractivity contribution in [3.8, 4) is 11.6 Å². The normalized spacial score (nSPS) is 16.1. The van der Waals surface area contributed by atoms with Gasteiger partial charge in [0.1, 0.15) is 5.75 Å². The highest BCUT2D eigenvalue weighted by Gasteiger charge is 2.25. The minimum atomic E-state index is -0.581. The van der Waals surface area contributed by atoms with Crippen LogP contribution >= 0.6 is 0 Å². The van der Waals surface area contributed by atoms with E-state index in [4.69, 9.17) is 9.47 Å². The zero-order chi connectivity index (χ0) is 14.7. The Balaban J connectivity index is 1.66. The third kappa shape index (κ3) is 2.89. The fourth-order valence-corrected chi connectivity index (χ4v) is 2.06. The second-order valence-corrected chi connectivity index (χ2v) is 4.56. The lowest BCUT2D eigenvalue weighted by atomic mass is 10.2. The average molecular weight is 285 g/mol. The molecule has 1 amide bonds. The van der Waals surface area contributed by atoms with Gasteiger partial charge in [0.15, 0.2) is 6.10 Å². The molecule has 1 aromatic carbocycles. The number of para-hydroxylation sites is 2. The number of benzene rings is 1. The Hall–Kier alpha value is -2.76. The Bertz CT molecular complexity index is 643. The van der Waals surface area contributed by atoms with E-state index in [1.807, 2.05) is 24.3 Å². The lowest BCUT2D eigenvalue weighted by Crippen LogP contribution is -2.41. The van der Waals surface area contributed by atoms with E-state index >= 15 is 0 Å². The molecule has 21 heavy (non-hydrogen) atoms. The summed E-state index contributed by atoms with van der Waals surface area (Å²) in [5.74, 6) is 0.957. The van der Waals surface area contributed by atoms with Gasteiger partial charge in [-0.05, 0) is 18.2 Å². The highest BCUT2D eigenvalue weighted by Crippen LogP contribution is 2.28. The molecule has 2 N–H and O–H groups in total. The minimum absolute atomic E-state index is 0.219. The van der Waals surface area contributed by atoms with Crippen LogP contribution in [0.3, 0.4) is 0 Å². The molecule has 1 aromatic heterocycles. The van der Waals surface area contributed by atoms with Crippen molar-refractivity contribution in [3.05, 3.63) is 42.6 Å². The van der Waals surface area contributed by atoms with Gasteiger partial charge in [-0.25, -0.2) is 4.98 Å². The van der Waals surface area contributed by atoms with Crippen LogP contribution in [0.25, 0.3) is 0 Å². The molecule has 0 radical (unpaired) electrons. The highest BCUT2D eigenvalue weighted by molar-refractivity contribution is 5.95. The summed E-state index contributed by atoms with van der Waals surface area (Å²) in [7, 11) is 1.54. The number of carbonyl (C=O) groups is 1. The lowest BCUT2D eigenvalue weighted by Gasteiger charge is -2.26. The molecule has 1 aliphatic rings. The predicted molar refractivity (Wildman–Crippen MR) is 78.8 cm³/mol. The van der Waals surface area contributed by atoms with Crippen LogP contribution in [0.5, 0.6) is 11.6 Å². The maximum absolute atomic E-state index is 12.2. The van der Waals surface area contributed by atoms with Crippen LogP contribution in [-0.4, -0.2) is 30.6 Å². The summed E-state index contributed by atoms with van der Waals surface area (Å²) in [6, 6.07) is 10.9. The summed E-state index contributed by atoms with van der Waals surface area (Å²) in [5.41, 5.74) is 1.50. The number of nitrogens with one attached hydrogen (secondary N) is 2. The number of hydrogen-bond donors (Lipinski definition) is 2. The fourth-order valence-electron chi connectivity index (χ4n) is 2.06. The summed E-state index contributed by atoms with van der Waals surface area (Å²) in [5, 5.41) is 5.95. The molecule has 6 heteroatoms. The number of amides is 1. The van der Waals surface area contributed by atoms with E-state index in [9.17, 15) is 4.79 Å². The van der Waals surface area contributed by atoms with Crippen molar-refractivity contribution in [1.29, 1.82) is 0 Å². The van der Waals surface area contributed by atoms with E-state index in [2.05, 4.69) is 15.6 Å². The molecule has 0 aliphatic carbocycles. The van der Waals surface area contributed by atoms with Crippen molar-refractivity contribution >= 4 is 17.3 Å². The number of ether oxygens (including phenoxy) is 2. The van der Waals surface area contributed by atoms with E-state index in [1.165, 1.54) is 0 Å². The zero-order valence-electron chi connectivity index (χ0n) is 11.5. The quantitative estimate of drug-likeness (QED) is 0.901. The van der Waals surface area contributed by atoms with Crippen molar-refractivity contribution in [2.24, 2.45) is 0 Å². The summed E-state index contributed by atoms with van der Waals surface area (Å²) < 4.78 is 10.7. The first kappa shape index (κ1) is 13.2. The van der Waals surface area contributed by atoms with Crippen molar-refractivity contribution in [1.82, 2.24) is 4.98 Å². The Kier molecular flexibility index (Phi) is 3.59. The van der Waals surface area contributed by atoms with Crippen LogP contribution in [0.1, 0.15) is 0 Å². The Morgan fingerprint density at radius 1 is 1.38 bits per heavy atom. The van der Waals surface area contributed by atoms with E-state index in [-0.39, 0.29) is 5.91 Å². The predicted octanol–water partition coefficient (Wildman–Crippen LogP) is 1.90. The number of pyridine rings is 1. The summed E-state index contributed by atoms with van der Waals surface area (Å²) >= 11 is 0.